The molecule has 0 aromatic carbocycles. The molecule has 0 bridgehead atoms. The van der Waals surface area contributed by atoms with Crippen LogP contribution in [0, 0.1) is 12.3 Å². The molecular weight excluding hydrogens is 244 g/mol. The molecule has 0 atom stereocenters. The Hall–Kier alpha value is -0.480. The first kappa shape index (κ1) is 19.5. The Labute approximate surface area is 127 Å². The number of hydrogen-bond acceptors (Lipinski definition) is 1. The molecule has 0 aromatic rings. The minimum atomic E-state index is 0.933. The molecule has 0 aromatic heterocycles. The fraction of sp³-hybridized carbons (Fsp3) is 0.895. The second-order valence-electron chi connectivity index (χ2n) is 5.81. The first-order valence-electron chi connectivity index (χ1n) is 8.93. The lowest BCUT2D eigenvalue weighted by Gasteiger charge is -2.03. The molecule has 0 saturated carbocycles. The van der Waals surface area contributed by atoms with Crippen molar-refractivity contribution in [2.45, 2.75) is 96.8 Å². The van der Waals surface area contributed by atoms with Gasteiger partial charge in [-0.15, -0.1) is 12.3 Å². The third-order valence-corrected chi connectivity index (χ3v) is 3.71. The zero-order valence-electron chi connectivity index (χ0n) is 13.8. The highest BCUT2D eigenvalue weighted by atomic mass is 16.5. The topological polar surface area (TPSA) is 9.23 Å². The van der Waals surface area contributed by atoms with E-state index in [1.807, 2.05) is 0 Å². The zero-order chi connectivity index (χ0) is 14.7. The monoisotopic (exact) mass is 280 g/mol. The predicted molar refractivity (Wildman–Crippen MR) is 90.0 cm³/mol. The van der Waals surface area contributed by atoms with E-state index in [1.54, 1.807) is 0 Å². The average molecular weight is 280 g/mol. The Morgan fingerprint density at radius 1 is 0.650 bits per heavy atom. The summed E-state index contributed by atoms with van der Waals surface area (Å²) in [4.78, 5) is 0. The van der Waals surface area contributed by atoms with E-state index >= 15 is 0 Å². The molecule has 0 aliphatic carbocycles. The van der Waals surface area contributed by atoms with Crippen LogP contribution in [-0.4, -0.2) is 13.2 Å². The smallest absolute Gasteiger partial charge is 0.0466 e. The van der Waals surface area contributed by atoms with Gasteiger partial charge < -0.3 is 4.74 Å². The standard InChI is InChI=1S/C19H36O/c1-3-5-6-7-8-9-10-11-12-13-14-15-16-17-19-20-18-4-2/h1H,4-19H2,2H3. The summed E-state index contributed by atoms with van der Waals surface area (Å²) in [5.41, 5.74) is 0. The van der Waals surface area contributed by atoms with Gasteiger partial charge in [-0.05, 0) is 19.3 Å². The summed E-state index contributed by atoms with van der Waals surface area (Å²) in [5.74, 6) is 2.71. The minimum Gasteiger partial charge on any atom is -0.381 e. The van der Waals surface area contributed by atoms with E-state index in [2.05, 4.69) is 12.8 Å². The van der Waals surface area contributed by atoms with Crippen molar-refractivity contribution in [2.24, 2.45) is 0 Å². The van der Waals surface area contributed by atoms with Crippen LogP contribution < -0.4 is 0 Å². The van der Waals surface area contributed by atoms with Crippen molar-refractivity contribution >= 4 is 0 Å². The molecule has 0 amide bonds. The van der Waals surface area contributed by atoms with E-state index in [9.17, 15) is 0 Å². The minimum absolute atomic E-state index is 0.933. The van der Waals surface area contributed by atoms with Crippen LogP contribution in [0.1, 0.15) is 96.8 Å². The molecule has 1 nitrogen and oxygen atoms in total. The molecule has 0 N–H and O–H groups in total. The van der Waals surface area contributed by atoms with Gasteiger partial charge in [0.2, 0.25) is 0 Å². The molecule has 0 spiro atoms. The van der Waals surface area contributed by atoms with Gasteiger partial charge in [-0.2, -0.15) is 0 Å². The van der Waals surface area contributed by atoms with Gasteiger partial charge in [-0.3, -0.25) is 0 Å². The summed E-state index contributed by atoms with van der Waals surface area (Å²) in [6.07, 6.45) is 23.7. The van der Waals surface area contributed by atoms with Crippen molar-refractivity contribution in [3.05, 3.63) is 0 Å². The molecule has 0 heterocycles. The van der Waals surface area contributed by atoms with Crippen LogP contribution in [-0.2, 0) is 4.74 Å². The number of ether oxygens (including phenoxy) is 1. The van der Waals surface area contributed by atoms with Gasteiger partial charge in [-0.1, -0.05) is 71.1 Å². The predicted octanol–water partition coefficient (Wildman–Crippen LogP) is 6.12. The second kappa shape index (κ2) is 18.5. The van der Waals surface area contributed by atoms with E-state index in [1.165, 1.54) is 77.0 Å². The first-order chi connectivity index (χ1) is 9.91. The molecule has 118 valence electrons. The number of rotatable bonds is 16. The highest BCUT2D eigenvalue weighted by Gasteiger charge is 1.94. The van der Waals surface area contributed by atoms with Gasteiger partial charge in [0.05, 0.1) is 0 Å². The largest absolute Gasteiger partial charge is 0.381 e. The molecule has 0 saturated heterocycles. The maximum absolute atomic E-state index is 5.48. The molecule has 0 fully saturated rings. The highest BCUT2D eigenvalue weighted by molar-refractivity contribution is 4.82. The molecule has 20 heavy (non-hydrogen) atoms. The van der Waals surface area contributed by atoms with Crippen LogP contribution in [0.25, 0.3) is 0 Å². The van der Waals surface area contributed by atoms with Crippen molar-refractivity contribution < 1.29 is 4.74 Å². The summed E-state index contributed by atoms with van der Waals surface area (Å²) < 4.78 is 5.48. The lowest BCUT2D eigenvalue weighted by Crippen LogP contribution is -1.95. The van der Waals surface area contributed by atoms with Crippen LogP contribution in [0.2, 0.25) is 0 Å². The van der Waals surface area contributed by atoms with Crippen LogP contribution >= 0.6 is 0 Å². The van der Waals surface area contributed by atoms with Crippen molar-refractivity contribution in [2.75, 3.05) is 13.2 Å². The van der Waals surface area contributed by atoms with Gasteiger partial charge >= 0.3 is 0 Å². The lowest BCUT2D eigenvalue weighted by atomic mass is 10.0. The summed E-state index contributed by atoms with van der Waals surface area (Å²) >= 11 is 0. The fourth-order valence-corrected chi connectivity index (χ4v) is 2.45. The van der Waals surface area contributed by atoms with E-state index < -0.39 is 0 Å². The normalized spacial score (nSPS) is 10.6. The molecule has 1 heteroatoms. The Morgan fingerprint density at radius 2 is 1.10 bits per heavy atom. The van der Waals surface area contributed by atoms with E-state index in [4.69, 9.17) is 11.2 Å². The van der Waals surface area contributed by atoms with Crippen LogP contribution in [0.3, 0.4) is 0 Å². The Balaban J connectivity index is 2.91. The van der Waals surface area contributed by atoms with E-state index in [0.29, 0.717) is 0 Å². The number of terminal acetylenes is 1. The van der Waals surface area contributed by atoms with Gasteiger partial charge in [0.25, 0.3) is 0 Å². The maximum Gasteiger partial charge on any atom is 0.0466 e. The molecule has 0 unspecified atom stereocenters. The van der Waals surface area contributed by atoms with Crippen LogP contribution in [0.5, 0.6) is 0 Å². The van der Waals surface area contributed by atoms with Crippen molar-refractivity contribution in [3.63, 3.8) is 0 Å². The van der Waals surface area contributed by atoms with Gasteiger partial charge in [-0.25, -0.2) is 0 Å². The third kappa shape index (κ3) is 17.5. The maximum atomic E-state index is 5.48. The fourth-order valence-electron chi connectivity index (χ4n) is 2.45. The van der Waals surface area contributed by atoms with E-state index in [0.717, 1.165) is 26.1 Å². The Morgan fingerprint density at radius 3 is 1.55 bits per heavy atom. The van der Waals surface area contributed by atoms with Crippen molar-refractivity contribution in [3.8, 4) is 12.3 Å². The highest BCUT2D eigenvalue weighted by Crippen LogP contribution is 2.12. The van der Waals surface area contributed by atoms with Crippen molar-refractivity contribution in [1.29, 1.82) is 0 Å². The van der Waals surface area contributed by atoms with Gasteiger partial charge in [0.1, 0.15) is 0 Å². The second-order valence-corrected chi connectivity index (χ2v) is 5.81. The van der Waals surface area contributed by atoms with Gasteiger partial charge in [0.15, 0.2) is 0 Å². The van der Waals surface area contributed by atoms with Crippen LogP contribution in [0.4, 0.5) is 0 Å². The summed E-state index contributed by atoms with van der Waals surface area (Å²) in [6.45, 7) is 4.06. The van der Waals surface area contributed by atoms with Crippen molar-refractivity contribution in [1.82, 2.24) is 0 Å². The average Bonchev–Trinajstić information content (AvgIpc) is 2.47. The summed E-state index contributed by atoms with van der Waals surface area (Å²) in [7, 11) is 0. The molecule has 0 rings (SSSR count). The van der Waals surface area contributed by atoms with Crippen LogP contribution in [0.15, 0.2) is 0 Å². The molecular formula is C19H36O. The third-order valence-electron chi connectivity index (χ3n) is 3.71. The lowest BCUT2D eigenvalue weighted by molar-refractivity contribution is 0.130. The SMILES string of the molecule is C#CCCCCCCCCCCCCCCOCCC. The quantitative estimate of drug-likeness (QED) is 0.244. The summed E-state index contributed by atoms with van der Waals surface area (Å²) in [5, 5.41) is 0. The zero-order valence-corrected chi connectivity index (χ0v) is 13.8. The van der Waals surface area contributed by atoms with E-state index in [-0.39, 0.29) is 0 Å². The first-order valence-corrected chi connectivity index (χ1v) is 8.93. The Bertz CT molecular complexity index is 204. The number of unbranched alkanes of at least 4 members (excludes halogenated alkanes) is 12. The molecule has 0 aliphatic heterocycles. The number of hydrogen-bond donors (Lipinski definition) is 0. The van der Waals surface area contributed by atoms with Gasteiger partial charge in [0, 0.05) is 19.6 Å². The molecule has 0 aliphatic rings. The summed E-state index contributed by atoms with van der Waals surface area (Å²) in [6, 6.07) is 0. The Kier molecular flexibility index (Phi) is 18.1. The molecule has 0 radical (unpaired) electrons.